The Morgan fingerprint density at radius 2 is 2.29 bits per heavy atom. The first kappa shape index (κ1) is 15.8. The number of rotatable bonds is 3. The van der Waals surface area contributed by atoms with Gasteiger partial charge in [0.15, 0.2) is 0 Å². The van der Waals surface area contributed by atoms with Crippen LogP contribution in [0.1, 0.15) is 24.3 Å². The van der Waals surface area contributed by atoms with E-state index in [-0.39, 0.29) is 17.2 Å². The number of thioether (sulfide) groups is 1. The van der Waals surface area contributed by atoms with Gasteiger partial charge in [-0.2, -0.15) is 0 Å². The van der Waals surface area contributed by atoms with Crippen LogP contribution in [0, 0.1) is 12.3 Å². The number of nitrogens with zero attached hydrogens (tertiary/aromatic N) is 1. The van der Waals surface area contributed by atoms with E-state index in [0.29, 0.717) is 12.0 Å². The third-order valence-electron chi connectivity index (χ3n) is 3.90. The van der Waals surface area contributed by atoms with Gasteiger partial charge in [0.25, 0.3) is 5.56 Å². The van der Waals surface area contributed by atoms with Crippen LogP contribution in [0.4, 0.5) is 0 Å². The Balaban J connectivity index is 2.41. The molecule has 3 atom stereocenters. The molecule has 1 aromatic heterocycles. The van der Waals surface area contributed by atoms with Crippen molar-refractivity contribution in [3.05, 3.63) is 32.6 Å². The van der Waals surface area contributed by atoms with Crippen LogP contribution < -0.4 is 11.2 Å². The van der Waals surface area contributed by atoms with Crippen LogP contribution in [0.15, 0.2) is 15.8 Å². The van der Waals surface area contributed by atoms with Gasteiger partial charge in [-0.25, -0.2) is 4.79 Å². The number of aromatic amines is 1. The summed E-state index contributed by atoms with van der Waals surface area (Å²) in [6.07, 6.45) is 1.83. The highest BCUT2D eigenvalue weighted by atomic mass is 32.2. The molecule has 1 fully saturated rings. The molecule has 1 aromatic rings. The fraction of sp³-hybridized carbons (Fsp3) is 0.615. The minimum atomic E-state index is -0.873. The zero-order chi connectivity index (χ0) is 15.8. The molecule has 2 N–H and O–H groups in total. The first-order valence-electron chi connectivity index (χ1n) is 6.50. The number of aliphatic hydroxyl groups is 1. The molecule has 0 aromatic carbocycles. The predicted octanol–water partition coefficient (Wildman–Crippen LogP) is 0.0207. The van der Waals surface area contributed by atoms with E-state index in [9.17, 15) is 19.5 Å². The Morgan fingerprint density at radius 3 is 2.86 bits per heavy atom. The SMILES string of the molecule is COC(=O)[C@]1(C)CC(n2cc(C)c(=O)[nH]c2=O)SC1CO. The van der Waals surface area contributed by atoms with Crippen molar-refractivity contribution in [2.24, 2.45) is 5.41 Å². The third-order valence-corrected chi connectivity index (χ3v) is 5.61. The molecule has 2 heterocycles. The van der Waals surface area contributed by atoms with Crippen LogP contribution in [0.5, 0.6) is 0 Å². The molecule has 0 saturated carbocycles. The van der Waals surface area contributed by atoms with Gasteiger partial charge < -0.3 is 9.84 Å². The molecule has 116 valence electrons. The third kappa shape index (κ3) is 2.65. The number of aliphatic hydroxyl groups excluding tert-OH is 1. The fourth-order valence-electron chi connectivity index (χ4n) is 2.54. The summed E-state index contributed by atoms with van der Waals surface area (Å²) in [4.78, 5) is 37.6. The van der Waals surface area contributed by atoms with Crippen LogP contribution in [0.2, 0.25) is 0 Å². The average molecular weight is 314 g/mol. The molecule has 7 nitrogen and oxygen atoms in total. The lowest BCUT2D eigenvalue weighted by Crippen LogP contribution is -2.38. The maximum atomic E-state index is 12.0. The summed E-state index contributed by atoms with van der Waals surface area (Å²) in [5.41, 5.74) is -1.40. The van der Waals surface area contributed by atoms with Crippen molar-refractivity contribution in [1.29, 1.82) is 0 Å². The second-order valence-corrected chi connectivity index (χ2v) is 6.74. The second kappa shape index (κ2) is 5.69. The number of aromatic nitrogens is 2. The molecular formula is C13H18N2O5S. The largest absolute Gasteiger partial charge is 0.469 e. The van der Waals surface area contributed by atoms with Gasteiger partial charge in [0.05, 0.1) is 24.5 Å². The van der Waals surface area contributed by atoms with Crippen molar-refractivity contribution in [3.63, 3.8) is 0 Å². The van der Waals surface area contributed by atoms with Crippen LogP contribution in [0.3, 0.4) is 0 Å². The van der Waals surface area contributed by atoms with E-state index in [1.54, 1.807) is 13.8 Å². The smallest absolute Gasteiger partial charge is 0.329 e. The van der Waals surface area contributed by atoms with E-state index >= 15 is 0 Å². The molecule has 1 saturated heterocycles. The maximum Gasteiger partial charge on any atom is 0.329 e. The molecule has 1 aliphatic heterocycles. The number of esters is 1. The van der Waals surface area contributed by atoms with E-state index in [0.717, 1.165) is 0 Å². The van der Waals surface area contributed by atoms with Crippen LogP contribution in [-0.4, -0.2) is 39.6 Å². The minimum Gasteiger partial charge on any atom is -0.469 e. The number of carbonyl (C=O) groups is 1. The Kier molecular flexibility index (Phi) is 4.29. The zero-order valence-corrected chi connectivity index (χ0v) is 12.9. The van der Waals surface area contributed by atoms with Crippen molar-refractivity contribution in [1.82, 2.24) is 9.55 Å². The van der Waals surface area contributed by atoms with Gasteiger partial charge in [-0.15, -0.1) is 11.8 Å². The molecule has 21 heavy (non-hydrogen) atoms. The van der Waals surface area contributed by atoms with Gasteiger partial charge in [0.2, 0.25) is 0 Å². The lowest BCUT2D eigenvalue weighted by molar-refractivity contribution is -0.152. The average Bonchev–Trinajstić information content (AvgIpc) is 2.80. The van der Waals surface area contributed by atoms with Gasteiger partial charge in [-0.1, -0.05) is 0 Å². The van der Waals surface area contributed by atoms with Crippen molar-refractivity contribution in [3.8, 4) is 0 Å². The molecule has 2 unspecified atom stereocenters. The molecule has 0 spiro atoms. The van der Waals surface area contributed by atoms with Gasteiger partial charge in [0, 0.05) is 17.0 Å². The predicted molar refractivity (Wildman–Crippen MR) is 78.3 cm³/mol. The van der Waals surface area contributed by atoms with E-state index in [1.807, 2.05) is 0 Å². The topological polar surface area (TPSA) is 101 Å². The Labute approximate surface area is 125 Å². The molecule has 1 aliphatic rings. The maximum absolute atomic E-state index is 12.0. The van der Waals surface area contributed by atoms with E-state index in [2.05, 4.69) is 4.98 Å². The van der Waals surface area contributed by atoms with Gasteiger partial charge in [-0.05, 0) is 20.3 Å². The highest BCUT2D eigenvalue weighted by Gasteiger charge is 2.51. The zero-order valence-electron chi connectivity index (χ0n) is 12.1. The summed E-state index contributed by atoms with van der Waals surface area (Å²) in [6, 6.07) is 0. The number of ether oxygens (including phenoxy) is 1. The molecule has 0 bridgehead atoms. The summed E-state index contributed by atoms with van der Waals surface area (Å²) in [5.74, 6) is -0.411. The normalized spacial score (nSPS) is 28.6. The van der Waals surface area contributed by atoms with Crippen LogP contribution >= 0.6 is 11.8 Å². The first-order chi connectivity index (χ1) is 9.83. The quantitative estimate of drug-likeness (QED) is 0.763. The molecule has 0 radical (unpaired) electrons. The molecular weight excluding hydrogens is 296 g/mol. The number of hydrogen-bond acceptors (Lipinski definition) is 6. The Morgan fingerprint density at radius 1 is 1.62 bits per heavy atom. The summed E-state index contributed by atoms with van der Waals surface area (Å²) in [7, 11) is 1.30. The Hall–Kier alpha value is -1.54. The monoisotopic (exact) mass is 314 g/mol. The fourth-order valence-corrected chi connectivity index (χ4v) is 4.23. The van der Waals surface area contributed by atoms with Crippen molar-refractivity contribution in [2.45, 2.75) is 30.9 Å². The number of H-pyrrole nitrogens is 1. The highest BCUT2D eigenvalue weighted by Crippen LogP contribution is 2.52. The second-order valence-electron chi connectivity index (χ2n) is 5.35. The molecule has 8 heteroatoms. The molecule has 0 amide bonds. The minimum absolute atomic E-state index is 0.191. The van der Waals surface area contributed by atoms with E-state index < -0.39 is 22.6 Å². The first-order valence-corrected chi connectivity index (χ1v) is 7.44. The summed E-state index contributed by atoms with van der Waals surface area (Å²) in [5, 5.41) is 8.80. The molecule has 2 rings (SSSR count). The van der Waals surface area contributed by atoms with E-state index in [4.69, 9.17) is 4.74 Å². The summed E-state index contributed by atoms with van der Waals surface area (Å²) >= 11 is 1.33. The van der Waals surface area contributed by atoms with Crippen LogP contribution in [-0.2, 0) is 9.53 Å². The lowest BCUT2D eigenvalue weighted by atomic mass is 9.83. The van der Waals surface area contributed by atoms with Crippen LogP contribution in [0.25, 0.3) is 0 Å². The lowest BCUT2D eigenvalue weighted by Gasteiger charge is -2.25. The number of aryl methyl sites for hydroxylation is 1. The van der Waals surface area contributed by atoms with Crippen molar-refractivity contribution in [2.75, 3.05) is 13.7 Å². The number of nitrogens with one attached hydrogen (secondary N) is 1. The summed E-state index contributed by atoms with van der Waals surface area (Å²) < 4.78 is 6.22. The van der Waals surface area contributed by atoms with Crippen molar-refractivity contribution < 1.29 is 14.6 Å². The van der Waals surface area contributed by atoms with Crippen molar-refractivity contribution >= 4 is 17.7 Å². The summed E-state index contributed by atoms with van der Waals surface area (Å²) in [6.45, 7) is 3.14. The standard InChI is InChI=1S/C13H18N2O5S/c1-7-5-15(12(19)14-10(7)17)9-4-13(2,11(18)20-3)8(6-16)21-9/h5,8-9,16H,4,6H2,1-3H3,(H,14,17,19)/t8?,9?,13-/m1/s1. The number of carbonyl (C=O) groups excluding carboxylic acids is 1. The van der Waals surface area contributed by atoms with Gasteiger partial charge in [-0.3, -0.25) is 19.1 Å². The van der Waals surface area contributed by atoms with Gasteiger partial charge >= 0.3 is 11.7 Å². The highest BCUT2D eigenvalue weighted by molar-refractivity contribution is 8.00. The molecule has 0 aliphatic carbocycles. The Bertz CT molecular complexity index is 667. The van der Waals surface area contributed by atoms with Gasteiger partial charge in [0.1, 0.15) is 0 Å². The number of hydrogen-bond donors (Lipinski definition) is 2. The van der Waals surface area contributed by atoms with E-state index in [1.165, 1.54) is 29.6 Å². The number of methoxy groups -OCH3 is 1.